The summed E-state index contributed by atoms with van der Waals surface area (Å²) in [5.74, 6) is -0.00188. The molecule has 0 saturated carbocycles. The Balaban J connectivity index is 1.97. The third-order valence-corrected chi connectivity index (χ3v) is 3.53. The first-order valence-corrected chi connectivity index (χ1v) is 7.59. The number of carbonyl (C=O) groups excluding carboxylic acids is 1. The molecule has 0 fully saturated rings. The van der Waals surface area contributed by atoms with E-state index in [0.717, 1.165) is 5.56 Å². The lowest BCUT2D eigenvalue weighted by Gasteiger charge is -2.14. The van der Waals surface area contributed by atoms with Crippen molar-refractivity contribution in [2.24, 2.45) is 5.10 Å². The Bertz CT molecular complexity index is 721. The molecule has 0 unspecified atom stereocenters. The molecule has 5 nitrogen and oxygen atoms in total. The van der Waals surface area contributed by atoms with Crippen LogP contribution in [0.5, 0.6) is 5.75 Å². The molecule has 0 aliphatic heterocycles. The number of benzene rings is 1. The highest BCUT2D eigenvalue weighted by Crippen LogP contribution is 2.28. The van der Waals surface area contributed by atoms with Crippen molar-refractivity contribution in [2.75, 3.05) is 0 Å². The zero-order chi connectivity index (χ0) is 16.8. The summed E-state index contributed by atoms with van der Waals surface area (Å²) in [6.07, 6.45) is 2.55. The van der Waals surface area contributed by atoms with Gasteiger partial charge in [0, 0.05) is 23.0 Å². The van der Waals surface area contributed by atoms with Gasteiger partial charge in [-0.1, -0.05) is 23.2 Å². The number of pyridine rings is 1. The minimum Gasteiger partial charge on any atom is -0.479 e. The number of aromatic nitrogens is 1. The lowest BCUT2D eigenvalue weighted by atomic mass is 10.2. The zero-order valence-electron chi connectivity index (χ0n) is 12.6. The zero-order valence-corrected chi connectivity index (χ0v) is 14.1. The summed E-state index contributed by atoms with van der Waals surface area (Å²) in [6, 6.07) is 8.41. The Kier molecular flexibility index (Phi) is 5.96. The fourth-order valence-electron chi connectivity index (χ4n) is 1.70. The quantitative estimate of drug-likeness (QED) is 0.659. The highest BCUT2D eigenvalue weighted by Gasteiger charge is 2.16. The van der Waals surface area contributed by atoms with Crippen molar-refractivity contribution in [2.45, 2.75) is 20.0 Å². The molecule has 1 atom stereocenters. The number of rotatable bonds is 5. The average Bonchev–Trinajstić information content (AvgIpc) is 2.55. The second-order valence-electron chi connectivity index (χ2n) is 4.74. The van der Waals surface area contributed by atoms with Crippen molar-refractivity contribution in [3.8, 4) is 5.75 Å². The number of halogens is 2. The SMILES string of the molecule is C/C(=N/NC(=O)[C@H](C)Oc1ccc(Cl)cc1Cl)c1ccncc1. The van der Waals surface area contributed by atoms with Gasteiger partial charge < -0.3 is 4.74 Å². The number of amides is 1. The van der Waals surface area contributed by atoms with Crippen LogP contribution >= 0.6 is 23.2 Å². The fourth-order valence-corrected chi connectivity index (χ4v) is 2.16. The highest BCUT2D eigenvalue weighted by atomic mass is 35.5. The van der Waals surface area contributed by atoms with E-state index in [1.807, 2.05) is 0 Å². The monoisotopic (exact) mass is 351 g/mol. The number of hydrazone groups is 1. The standard InChI is InChI=1S/C16H15Cl2N3O2/c1-10(12-5-7-19-8-6-12)20-21-16(22)11(2)23-15-4-3-13(17)9-14(15)18/h3-9,11H,1-2H3,(H,21,22)/b20-10-/t11-/m0/s1. The summed E-state index contributed by atoms with van der Waals surface area (Å²) < 4.78 is 5.52. The van der Waals surface area contributed by atoms with Gasteiger partial charge in [0.05, 0.1) is 10.7 Å². The number of carbonyl (C=O) groups is 1. The normalized spacial score (nSPS) is 12.6. The van der Waals surface area contributed by atoms with Crippen LogP contribution in [-0.2, 0) is 4.79 Å². The van der Waals surface area contributed by atoms with Gasteiger partial charge >= 0.3 is 0 Å². The molecular formula is C16H15Cl2N3O2. The van der Waals surface area contributed by atoms with Crippen LogP contribution in [0.15, 0.2) is 47.8 Å². The van der Waals surface area contributed by atoms with Crippen LogP contribution in [0.2, 0.25) is 10.0 Å². The van der Waals surface area contributed by atoms with Gasteiger partial charge in [-0.25, -0.2) is 5.43 Å². The Morgan fingerprint density at radius 2 is 1.96 bits per heavy atom. The summed E-state index contributed by atoms with van der Waals surface area (Å²) in [5, 5.41) is 4.89. The van der Waals surface area contributed by atoms with E-state index in [2.05, 4.69) is 15.5 Å². The molecule has 1 heterocycles. The van der Waals surface area contributed by atoms with Crippen LogP contribution in [0.25, 0.3) is 0 Å². The van der Waals surface area contributed by atoms with E-state index in [-0.39, 0.29) is 5.91 Å². The molecule has 0 bridgehead atoms. The van der Waals surface area contributed by atoms with E-state index in [4.69, 9.17) is 27.9 Å². The molecule has 120 valence electrons. The van der Waals surface area contributed by atoms with Crippen LogP contribution in [-0.4, -0.2) is 22.7 Å². The van der Waals surface area contributed by atoms with E-state index in [0.29, 0.717) is 21.5 Å². The van der Waals surface area contributed by atoms with Gasteiger partial charge in [0.2, 0.25) is 0 Å². The Morgan fingerprint density at radius 1 is 1.26 bits per heavy atom. The Hall–Kier alpha value is -2.11. The Morgan fingerprint density at radius 3 is 2.61 bits per heavy atom. The lowest BCUT2D eigenvalue weighted by Crippen LogP contribution is -2.34. The van der Waals surface area contributed by atoms with E-state index >= 15 is 0 Å². The van der Waals surface area contributed by atoms with Crippen molar-refractivity contribution in [1.82, 2.24) is 10.4 Å². The van der Waals surface area contributed by atoms with Gasteiger partial charge in [-0.05, 0) is 44.2 Å². The second-order valence-corrected chi connectivity index (χ2v) is 5.59. The maximum absolute atomic E-state index is 12.0. The third-order valence-electron chi connectivity index (χ3n) is 3.00. The smallest absolute Gasteiger partial charge is 0.280 e. The number of nitrogens with one attached hydrogen (secondary N) is 1. The molecular weight excluding hydrogens is 337 g/mol. The van der Waals surface area contributed by atoms with Crippen LogP contribution in [0, 0.1) is 0 Å². The van der Waals surface area contributed by atoms with Crippen molar-refractivity contribution in [3.05, 3.63) is 58.3 Å². The lowest BCUT2D eigenvalue weighted by molar-refractivity contribution is -0.127. The number of hydrogen-bond donors (Lipinski definition) is 1. The molecule has 7 heteroatoms. The molecule has 0 aliphatic carbocycles. The second kappa shape index (κ2) is 7.94. The first-order chi connectivity index (χ1) is 11.0. The van der Waals surface area contributed by atoms with Crippen LogP contribution in [0.4, 0.5) is 0 Å². The molecule has 1 aromatic heterocycles. The van der Waals surface area contributed by atoms with Crippen molar-refractivity contribution < 1.29 is 9.53 Å². The molecule has 0 radical (unpaired) electrons. The minimum atomic E-state index is -0.761. The van der Waals surface area contributed by atoms with Crippen LogP contribution < -0.4 is 10.2 Å². The Labute approximate surface area is 144 Å². The van der Waals surface area contributed by atoms with Crippen LogP contribution in [0.3, 0.4) is 0 Å². The minimum absolute atomic E-state index is 0.341. The fraction of sp³-hybridized carbons (Fsp3) is 0.188. The summed E-state index contributed by atoms with van der Waals surface area (Å²) in [5.41, 5.74) is 4.00. The molecule has 1 N–H and O–H groups in total. The topological polar surface area (TPSA) is 63.6 Å². The molecule has 23 heavy (non-hydrogen) atoms. The van der Waals surface area contributed by atoms with Gasteiger partial charge in [0.1, 0.15) is 5.75 Å². The number of nitrogens with zero attached hydrogens (tertiary/aromatic N) is 2. The van der Waals surface area contributed by atoms with Crippen molar-refractivity contribution >= 4 is 34.8 Å². The summed E-state index contributed by atoms with van der Waals surface area (Å²) >= 11 is 11.8. The maximum atomic E-state index is 12.0. The van der Waals surface area contributed by atoms with Gasteiger partial charge in [-0.15, -0.1) is 0 Å². The third kappa shape index (κ3) is 4.94. The van der Waals surface area contributed by atoms with Gasteiger partial charge in [0.15, 0.2) is 6.10 Å². The molecule has 2 rings (SSSR count). The van der Waals surface area contributed by atoms with E-state index in [1.54, 1.807) is 56.6 Å². The molecule has 2 aromatic rings. The summed E-state index contributed by atoms with van der Waals surface area (Å²) in [7, 11) is 0. The molecule has 1 amide bonds. The first kappa shape index (κ1) is 17.2. The maximum Gasteiger partial charge on any atom is 0.280 e. The molecule has 1 aromatic carbocycles. The molecule has 0 aliphatic rings. The van der Waals surface area contributed by atoms with Gasteiger partial charge in [0.25, 0.3) is 5.91 Å². The highest BCUT2D eigenvalue weighted by molar-refractivity contribution is 6.35. The van der Waals surface area contributed by atoms with Gasteiger partial charge in [-0.2, -0.15) is 5.10 Å². The summed E-state index contributed by atoms with van der Waals surface area (Å²) in [6.45, 7) is 3.40. The van der Waals surface area contributed by atoms with E-state index < -0.39 is 6.10 Å². The first-order valence-electron chi connectivity index (χ1n) is 6.83. The predicted octanol–water partition coefficient (Wildman–Crippen LogP) is 3.70. The number of ether oxygens (including phenoxy) is 1. The van der Waals surface area contributed by atoms with Crippen LogP contribution in [0.1, 0.15) is 19.4 Å². The molecule has 0 spiro atoms. The molecule has 0 saturated heterocycles. The van der Waals surface area contributed by atoms with Crippen molar-refractivity contribution in [3.63, 3.8) is 0 Å². The van der Waals surface area contributed by atoms with Crippen molar-refractivity contribution in [1.29, 1.82) is 0 Å². The van der Waals surface area contributed by atoms with Gasteiger partial charge in [-0.3, -0.25) is 9.78 Å². The summed E-state index contributed by atoms with van der Waals surface area (Å²) in [4.78, 5) is 16.0. The predicted molar refractivity (Wildman–Crippen MR) is 91.1 cm³/mol. The number of hydrogen-bond acceptors (Lipinski definition) is 4. The van der Waals surface area contributed by atoms with E-state index in [1.165, 1.54) is 0 Å². The van der Waals surface area contributed by atoms with E-state index in [9.17, 15) is 4.79 Å². The largest absolute Gasteiger partial charge is 0.479 e. The average molecular weight is 352 g/mol.